The summed E-state index contributed by atoms with van der Waals surface area (Å²) in [6.45, 7) is 0. The number of nitrogens with zero attached hydrogens (tertiary/aromatic N) is 3. The average Bonchev–Trinajstić information content (AvgIpc) is 2.97. The molecular formula is C14H9N5O5. The summed E-state index contributed by atoms with van der Waals surface area (Å²) in [5.41, 5.74) is -0.803. The number of amides is 1. The Balaban J connectivity index is 1.94. The normalized spacial score (nSPS) is 10.5. The van der Waals surface area contributed by atoms with Gasteiger partial charge in [-0.15, -0.1) is 0 Å². The van der Waals surface area contributed by atoms with Crippen LogP contribution in [0.3, 0.4) is 0 Å². The van der Waals surface area contributed by atoms with Crippen molar-refractivity contribution in [2.24, 2.45) is 0 Å². The highest BCUT2D eigenvalue weighted by atomic mass is 16.6. The number of carbonyl (C=O) groups is 1. The van der Waals surface area contributed by atoms with Crippen LogP contribution >= 0.6 is 0 Å². The van der Waals surface area contributed by atoms with Gasteiger partial charge in [0.25, 0.3) is 5.91 Å². The Morgan fingerprint density at radius 3 is 2.46 bits per heavy atom. The molecule has 0 saturated heterocycles. The third-order valence-electron chi connectivity index (χ3n) is 3.33. The van der Waals surface area contributed by atoms with Gasteiger partial charge in [-0.2, -0.15) is 5.10 Å². The van der Waals surface area contributed by atoms with Crippen molar-refractivity contribution in [2.45, 2.75) is 0 Å². The molecule has 3 rings (SSSR count). The molecular weight excluding hydrogens is 318 g/mol. The molecule has 0 radical (unpaired) electrons. The number of carbonyl (C=O) groups excluding carboxylic acids is 1. The molecule has 0 aliphatic rings. The van der Waals surface area contributed by atoms with Crippen molar-refractivity contribution >= 4 is 34.0 Å². The van der Waals surface area contributed by atoms with Gasteiger partial charge in [0.2, 0.25) is 0 Å². The summed E-state index contributed by atoms with van der Waals surface area (Å²) >= 11 is 0. The molecule has 0 aliphatic carbocycles. The molecule has 0 bridgehead atoms. The quantitative estimate of drug-likeness (QED) is 0.556. The number of aromatic nitrogens is 2. The van der Waals surface area contributed by atoms with Crippen molar-refractivity contribution in [3.05, 3.63) is 68.3 Å². The van der Waals surface area contributed by atoms with E-state index in [4.69, 9.17) is 0 Å². The van der Waals surface area contributed by atoms with E-state index in [1.54, 1.807) is 24.3 Å². The zero-order chi connectivity index (χ0) is 17.3. The first-order valence-corrected chi connectivity index (χ1v) is 6.64. The van der Waals surface area contributed by atoms with Crippen LogP contribution in [0.1, 0.15) is 10.4 Å². The molecule has 1 heterocycles. The number of fused-ring (bicyclic) bond motifs is 1. The maximum absolute atomic E-state index is 12.3. The highest BCUT2D eigenvalue weighted by Gasteiger charge is 2.26. The summed E-state index contributed by atoms with van der Waals surface area (Å²) < 4.78 is 0. The van der Waals surface area contributed by atoms with Gasteiger partial charge in [-0.25, -0.2) is 0 Å². The maximum Gasteiger partial charge on any atom is 0.346 e. The topological polar surface area (TPSA) is 144 Å². The van der Waals surface area contributed by atoms with Gasteiger partial charge < -0.3 is 5.32 Å². The molecule has 1 aromatic heterocycles. The van der Waals surface area contributed by atoms with Crippen LogP contribution < -0.4 is 5.32 Å². The molecule has 0 saturated carbocycles. The molecule has 1 amide bonds. The summed E-state index contributed by atoms with van der Waals surface area (Å²) in [4.78, 5) is 32.2. The third-order valence-corrected chi connectivity index (χ3v) is 3.33. The molecule has 3 aromatic rings. The third kappa shape index (κ3) is 2.63. The monoisotopic (exact) mass is 327 g/mol. The van der Waals surface area contributed by atoms with Crippen LogP contribution in [-0.4, -0.2) is 26.0 Å². The largest absolute Gasteiger partial charge is 0.346 e. The number of anilines is 1. The van der Waals surface area contributed by atoms with E-state index in [1.165, 1.54) is 0 Å². The molecule has 0 unspecified atom stereocenters. The molecule has 10 nitrogen and oxygen atoms in total. The number of benzene rings is 2. The zero-order valence-corrected chi connectivity index (χ0v) is 11.9. The fourth-order valence-electron chi connectivity index (χ4n) is 2.20. The Bertz CT molecular complexity index is 981. The van der Waals surface area contributed by atoms with Crippen LogP contribution in [0, 0.1) is 20.2 Å². The molecule has 0 atom stereocenters. The first kappa shape index (κ1) is 15.1. The first-order valence-electron chi connectivity index (χ1n) is 6.64. The summed E-state index contributed by atoms with van der Waals surface area (Å²) in [6, 6.07) is 10.0. The van der Waals surface area contributed by atoms with E-state index in [9.17, 15) is 25.0 Å². The lowest BCUT2D eigenvalue weighted by atomic mass is 10.1. The average molecular weight is 327 g/mol. The van der Waals surface area contributed by atoms with Crippen molar-refractivity contribution in [3.8, 4) is 0 Å². The molecule has 2 N–H and O–H groups in total. The Morgan fingerprint density at radius 2 is 1.75 bits per heavy atom. The summed E-state index contributed by atoms with van der Waals surface area (Å²) in [5, 5.41) is 31.6. The molecule has 0 fully saturated rings. The lowest BCUT2D eigenvalue weighted by molar-refractivity contribution is -0.422. The Hall–Kier alpha value is -3.82. The lowest BCUT2D eigenvalue weighted by Gasteiger charge is -2.03. The number of hydrogen-bond acceptors (Lipinski definition) is 6. The molecule has 0 aliphatic heterocycles. The van der Waals surface area contributed by atoms with Gasteiger partial charge >= 0.3 is 11.4 Å². The number of aromatic amines is 1. The van der Waals surface area contributed by atoms with Crippen LogP contribution in [0.25, 0.3) is 10.9 Å². The zero-order valence-electron chi connectivity index (χ0n) is 11.9. The SMILES string of the molecule is O=C(Nc1n[nH]c2ccccc12)c1ccc([N+](=O)[O-])c([N+](=O)[O-])c1. The van der Waals surface area contributed by atoms with E-state index in [-0.39, 0.29) is 11.4 Å². The number of rotatable bonds is 4. The second-order valence-electron chi connectivity index (χ2n) is 4.79. The van der Waals surface area contributed by atoms with Crippen LogP contribution in [-0.2, 0) is 0 Å². The van der Waals surface area contributed by atoms with Crippen LogP contribution in [0.2, 0.25) is 0 Å². The minimum absolute atomic E-state index is 0.0839. The molecule has 10 heteroatoms. The van der Waals surface area contributed by atoms with E-state index in [0.717, 1.165) is 18.2 Å². The number of H-pyrrole nitrogens is 1. The smallest absolute Gasteiger partial charge is 0.305 e. The standard InChI is InChI=1S/C14H9N5O5/c20-14(15-13-9-3-1-2-4-10(9)16-17-13)8-5-6-11(18(21)22)12(7-8)19(23)24/h1-7H,(H2,15,16,17,20). The molecule has 2 aromatic carbocycles. The predicted octanol–water partition coefficient (Wildman–Crippen LogP) is 2.63. The van der Waals surface area contributed by atoms with Crippen molar-refractivity contribution in [1.29, 1.82) is 0 Å². The minimum atomic E-state index is -0.904. The van der Waals surface area contributed by atoms with Gasteiger partial charge in [-0.05, 0) is 18.2 Å². The highest BCUT2D eigenvalue weighted by molar-refractivity contribution is 6.08. The van der Waals surface area contributed by atoms with Gasteiger partial charge in [-0.1, -0.05) is 12.1 Å². The predicted molar refractivity (Wildman–Crippen MR) is 83.8 cm³/mol. The second-order valence-corrected chi connectivity index (χ2v) is 4.79. The Labute approximate surface area is 133 Å². The van der Waals surface area contributed by atoms with Crippen LogP contribution in [0.15, 0.2) is 42.5 Å². The lowest BCUT2D eigenvalue weighted by Crippen LogP contribution is -2.13. The summed E-state index contributed by atoms with van der Waals surface area (Å²) in [6.07, 6.45) is 0. The number of nitro benzene ring substituents is 2. The van der Waals surface area contributed by atoms with Crippen LogP contribution in [0.4, 0.5) is 17.2 Å². The number of nitrogens with one attached hydrogen (secondary N) is 2. The van der Waals surface area contributed by atoms with E-state index < -0.39 is 27.1 Å². The maximum atomic E-state index is 12.3. The number of para-hydroxylation sites is 1. The fourth-order valence-corrected chi connectivity index (χ4v) is 2.20. The molecule has 120 valence electrons. The second kappa shape index (κ2) is 5.76. The summed E-state index contributed by atoms with van der Waals surface area (Å²) in [5.74, 6) is -0.401. The van der Waals surface area contributed by atoms with Gasteiger partial charge in [0.15, 0.2) is 5.82 Å². The highest BCUT2D eigenvalue weighted by Crippen LogP contribution is 2.28. The number of hydrogen-bond donors (Lipinski definition) is 2. The van der Waals surface area contributed by atoms with Gasteiger partial charge in [0, 0.05) is 23.1 Å². The van der Waals surface area contributed by atoms with E-state index in [2.05, 4.69) is 15.5 Å². The van der Waals surface area contributed by atoms with Crippen LogP contribution in [0.5, 0.6) is 0 Å². The molecule has 24 heavy (non-hydrogen) atoms. The minimum Gasteiger partial charge on any atom is -0.305 e. The Kier molecular flexibility index (Phi) is 3.62. The van der Waals surface area contributed by atoms with E-state index in [0.29, 0.717) is 10.9 Å². The number of nitro groups is 2. The van der Waals surface area contributed by atoms with Crippen molar-refractivity contribution in [3.63, 3.8) is 0 Å². The van der Waals surface area contributed by atoms with Gasteiger partial charge in [-0.3, -0.25) is 30.1 Å². The van der Waals surface area contributed by atoms with Gasteiger partial charge in [0.1, 0.15) is 0 Å². The molecule has 0 spiro atoms. The fraction of sp³-hybridized carbons (Fsp3) is 0. The summed E-state index contributed by atoms with van der Waals surface area (Å²) in [7, 11) is 0. The van der Waals surface area contributed by atoms with Gasteiger partial charge in [0.05, 0.1) is 15.4 Å². The van der Waals surface area contributed by atoms with E-state index in [1.807, 2.05) is 0 Å². The van der Waals surface area contributed by atoms with Crippen molar-refractivity contribution < 1.29 is 14.6 Å². The Morgan fingerprint density at radius 1 is 1.04 bits per heavy atom. The first-order chi connectivity index (χ1) is 11.5. The van der Waals surface area contributed by atoms with E-state index >= 15 is 0 Å². The van der Waals surface area contributed by atoms with Crippen molar-refractivity contribution in [1.82, 2.24) is 10.2 Å². The van der Waals surface area contributed by atoms with Crippen molar-refractivity contribution in [2.75, 3.05) is 5.32 Å².